The first-order valence-corrected chi connectivity index (χ1v) is 7.98. The molecule has 0 saturated heterocycles. The molecule has 2 aromatic rings. The summed E-state index contributed by atoms with van der Waals surface area (Å²) in [4.78, 5) is 12.2. The molecule has 5 nitrogen and oxygen atoms in total. The van der Waals surface area contributed by atoms with Crippen LogP contribution in [-0.4, -0.2) is 30.0 Å². The van der Waals surface area contributed by atoms with Gasteiger partial charge >= 0.3 is 0 Å². The molecule has 0 aliphatic carbocycles. The van der Waals surface area contributed by atoms with Gasteiger partial charge in [-0.15, -0.1) is 0 Å². The van der Waals surface area contributed by atoms with Crippen LogP contribution < -0.4 is 14.8 Å². The van der Waals surface area contributed by atoms with Gasteiger partial charge in [-0.2, -0.15) is 0 Å². The number of hydrogen-bond acceptors (Lipinski definition) is 4. The maximum absolute atomic E-state index is 12.2. The molecule has 0 saturated carbocycles. The molecular formula is C19H21NO4. The monoisotopic (exact) mass is 327 g/mol. The summed E-state index contributed by atoms with van der Waals surface area (Å²) in [5, 5.41) is 13.2. The van der Waals surface area contributed by atoms with Gasteiger partial charge in [0.15, 0.2) is 11.5 Å². The summed E-state index contributed by atoms with van der Waals surface area (Å²) in [7, 11) is 0. The summed E-state index contributed by atoms with van der Waals surface area (Å²) < 4.78 is 10.5. The van der Waals surface area contributed by atoms with Gasteiger partial charge in [0.05, 0.1) is 5.60 Å². The zero-order valence-electron chi connectivity index (χ0n) is 13.6. The van der Waals surface area contributed by atoms with E-state index in [-0.39, 0.29) is 19.2 Å². The second-order valence-corrected chi connectivity index (χ2v) is 6.23. The van der Waals surface area contributed by atoms with Gasteiger partial charge in [-0.25, -0.2) is 0 Å². The van der Waals surface area contributed by atoms with Crippen LogP contribution in [0.4, 0.5) is 0 Å². The van der Waals surface area contributed by atoms with Crippen molar-refractivity contribution in [2.45, 2.75) is 25.4 Å². The quantitative estimate of drug-likeness (QED) is 0.855. The summed E-state index contributed by atoms with van der Waals surface area (Å²) in [6.45, 7) is 2.09. The van der Waals surface area contributed by atoms with Gasteiger partial charge in [0.2, 0.25) is 6.79 Å². The van der Waals surface area contributed by atoms with Gasteiger partial charge in [0.25, 0.3) is 5.91 Å². The zero-order chi connectivity index (χ0) is 17.0. The van der Waals surface area contributed by atoms with Crippen molar-refractivity contribution in [3.8, 4) is 11.5 Å². The minimum atomic E-state index is -0.970. The summed E-state index contributed by atoms with van der Waals surface area (Å²) in [5.74, 6) is 0.966. The summed E-state index contributed by atoms with van der Waals surface area (Å²) in [6, 6.07) is 15.0. The second-order valence-electron chi connectivity index (χ2n) is 6.23. The summed E-state index contributed by atoms with van der Waals surface area (Å²) >= 11 is 0. The molecule has 0 fully saturated rings. The number of rotatable bonds is 6. The highest BCUT2D eigenvalue weighted by Crippen LogP contribution is 2.32. The molecule has 24 heavy (non-hydrogen) atoms. The number of benzene rings is 2. The zero-order valence-corrected chi connectivity index (χ0v) is 13.6. The third kappa shape index (κ3) is 4.06. The molecule has 1 aliphatic rings. The first kappa shape index (κ1) is 16.3. The Labute approximate surface area is 141 Å². The van der Waals surface area contributed by atoms with Crippen LogP contribution in [0.5, 0.6) is 11.5 Å². The van der Waals surface area contributed by atoms with Crippen LogP contribution in [0.2, 0.25) is 0 Å². The van der Waals surface area contributed by atoms with Gasteiger partial charge in [-0.3, -0.25) is 4.79 Å². The number of hydrogen-bond donors (Lipinski definition) is 2. The molecular weight excluding hydrogens is 306 g/mol. The van der Waals surface area contributed by atoms with Crippen LogP contribution in [0.3, 0.4) is 0 Å². The third-order valence-corrected chi connectivity index (χ3v) is 4.06. The average Bonchev–Trinajstić information content (AvgIpc) is 3.07. The number of carbonyl (C=O) groups is 1. The molecule has 0 aromatic heterocycles. The molecule has 2 N–H and O–H groups in total. The summed E-state index contributed by atoms with van der Waals surface area (Å²) in [5.41, 5.74) is 0.681. The van der Waals surface area contributed by atoms with Crippen molar-refractivity contribution >= 4 is 5.91 Å². The van der Waals surface area contributed by atoms with Crippen molar-refractivity contribution in [1.82, 2.24) is 5.32 Å². The molecule has 5 heteroatoms. The SMILES string of the molecule is CC(O)(CCc1ccccc1)CNC(=O)c1ccc2c(c1)OCO2. The molecule has 2 aromatic carbocycles. The van der Waals surface area contributed by atoms with Gasteiger partial charge in [0, 0.05) is 12.1 Å². The van der Waals surface area contributed by atoms with Crippen molar-refractivity contribution in [3.63, 3.8) is 0 Å². The molecule has 0 bridgehead atoms. The van der Waals surface area contributed by atoms with Gasteiger partial charge in [-0.05, 0) is 43.5 Å². The molecule has 1 unspecified atom stereocenters. The van der Waals surface area contributed by atoms with Gasteiger partial charge in [0.1, 0.15) is 0 Å². The highest BCUT2D eigenvalue weighted by molar-refractivity contribution is 5.95. The molecule has 1 heterocycles. The average molecular weight is 327 g/mol. The summed E-state index contributed by atoms with van der Waals surface area (Å²) in [6.07, 6.45) is 1.33. The van der Waals surface area contributed by atoms with Crippen LogP contribution in [0.1, 0.15) is 29.3 Å². The molecule has 1 atom stereocenters. The predicted octanol–water partition coefficient (Wildman–Crippen LogP) is 2.53. The number of fused-ring (bicyclic) bond motifs is 1. The third-order valence-electron chi connectivity index (χ3n) is 4.06. The van der Waals surface area contributed by atoms with E-state index in [1.165, 1.54) is 5.56 Å². The van der Waals surface area contributed by atoms with Gasteiger partial charge in [-0.1, -0.05) is 30.3 Å². The first-order valence-electron chi connectivity index (χ1n) is 7.98. The van der Waals surface area contributed by atoms with Crippen LogP contribution in [0.15, 0.2) is 48.5 Å². The fourth-order valence-corrected chi connectivity index (χ4v) is 2.56. The Bertz CT molecular complexity index is 713. The number of amides is 1. The molecule has 3 rings (SSSR count). The molecule has 126 valence electrons. The lowest BCUT2D eigenvalue weighted by atomic mass is 9.96. The van der Waals surface area contributed by atoms with Crippen LogP contribution in [0.25, 0.3) is 0 Å². The van der Waals surface area contributed by atoms with Crippen LogP contribution in [-0.2, 0) is 6.42 Å². The van der Waals surface area contributed by atoms with E-state index in [0.717, 1.165) is 6.42 Å². The fourth-order valence-electron chi connectivity index (χ4n) is 2.56. The van der Waals surface area contributed by atoms with E-state index in [1.807, 2.05) is 30.3 Å². The minimum absolute atomic E-state index is 0.175. The highest BCUT2D eigenvalue weighted by Gasteiger charge is 2.22. The van der Waals surface area contributed by atoms with Crippen molar-refractivity contribution in [2.24, 2.45) is 0 Å². The van der Waals surface area contributed by atoms with E-state index in [9.17, 15) is 9.90 Å². The Hall–Kier alpha value is -2.53. The Morgan fingerprint density at radius 2 is 1.92 bits per heavy atom. The van der Waals surface area contributed by atoms with E-state index in [1.54, 1.807) is 25.1 Å². The molecule has 1 amide bonds. The fraction of sp³-hybridized carbons (Fsp3) is 0.316. The van der Waals surface area contributed by atoms with Crippen LogP contribution in [0, 0.1) is 0 Å². The maximum Gasteiger partial charge on any atom is 0.251 e. The van der Waals surface area contributed by atoms with Crippen molar-refractivity contribution in [3.05, 3.63) is 59.7 Å². The van der Waals surface area contributed by atoms with Gasteiger partial charge < -0.3 is 19.9 Å². The lowest BCUT2D eigenvalue weighted by Crippen LogP contribution is -2.41. The first-order chi connectivity index (χ1) is 11.5. The highest BCUT2D eigenvalue weighted by atomic mass is 16.7. The maximum atomic E-state index is 12.2. The lowest BCUT2D eigenvalue weighted by Gasteiger charge is -2.23. The van der Waals surface area contributed by atoms with E-state index < -0.39 is 5.60 Å². The van der Waals surface area contributed by atoms with Crippen molar-refractivity contribution in [1.29, 1.82) is 0 Å². The Balaban J connectivity index is 1.53. The Morgan fingerprint density at radius 1 is 1.17 bits per heavy atom. The van der Waals surface area contributed by atoms with E-state index in [4.69, 9.17) is 9.47 Å². The second kappa shape index (κ2) is 6.93. The molecule has 0 radical (unpaired) electrons. The van der Waals surface area contributed by atoms with E-state index >= 15 is 0 Å². The Kier molecular flexibility index (Phi) is 4.71. The number of aryl methyl sites for hydroxylation is 1. The van der Waals surface area contributed by atoms with E-state index in [2.05, 4.69) is 5.32 Å². The lowest BCUT2D eigenvalue weighted by molar-refractivity contribution is 0.0478. The van der Waals surface area contributed by atoms with Crippen molar-refractivity contribution < 1.29 is 19.4 Å². The largest absolute Gasteiger partial charge is 0.454 e. The van der Waals surface area contributed by atoms with Crippen molar-refractivity contribution in [2.75, 3.05) is 13.3 Å². The van der Waals surface area contributed by atoms with E-state index in [0.29, 0.717) is 23.5 Å². The number of nitrogens with one attached hydrogen (secondary N) is 1. The minimum Gasteiger partial charge on any atom is -0.454 e. The molecule has 0 spiro atoms. The topological polar surface area (TPSA) is 67.8 Å². The Morgan fingerprint density at radius 3 is 2.71 bits per heavy atom. The number of ether oxygens (including phenoxy) is 2. The molecule has 1 aliphatic heterocycles. The normalized spacial score (nSPS) is 14.9. The predicted molar refractivity (Wildman–Crippen MR) is 90.3 cm³/mol. The smallest absolute Gasteiger partial charge is 0.251 e. The van der Waals surface area contributed by atoms with Crippen LogP contribution >= 0.6 is 0 Å². The number of aliphatic hydroxyl groups is 1. The standard InChI is InChI=1S/C19H21NO4/c1-19(22,10-9-14-5-3-2-4-6-14)12-20-18(21)15-7-8-16-17(11-15)24-13-23-16/h2-8,11,22H,9-10,12-13H2,1H3,(H,20,21). The number of carbonyl (C=O) groups excluding carboxylic acids is 1.